The van der Waals surface area contributed by atoms with Gasteiger partial charge in [-0.15, -0.1) is 0 Å². The van der Waals surface area contributed by atoms with E-state index in [1.165, 1.54) is 19.3 Å². The van der Waals surface area contributed by atoms with Gasteiger partial charge < -0.3 is 0 Å². The first-order valence-corrected chi connectivity index (χ1v) is 7.46. The van der Waals surface area contributed by atoms with Crippen molar-refractivity contribution in [3.8, 4) is 0 Å². The maximum Gasteiger partial charge on any atom is 0.155 e. The van der Waals surface area contributed by atoms with Crippen molar-refractivity contribution in [3.05, 3.63) is 29.7 Å². The van der Waals surface area contributed by atoms with Crippen LogP contribution in [0.2, 0.25) is 0 Å². The summed E-state index contributed by atoms with van der Waals surface area (Å²) in [5.41, 5.74) is 6.63. The van der Waals surface area contributed by atoms with Gasteiger partial charge in [0.05, 0.1) is 5.69 Å². The van der Waals surface area contributed by atoms with E-state index in [1.807, 2.05) is 23.7 Å². The number of hydrogen-bond donors (Lipinski definition) is 1. The third kappa shape index (κ3) is 2.69. The number of nitrogens with one attached hydrogen (secondary N) is 1. The van der Waals surface area contributed by atoms with Gasteiger partial charge in [0, 0.05) is 42.7 Å². The van der Waals surface area contributed by atoms with Crippen LogP contribution in [0.1, 0.15) is 44.4 Å². The molecule has 2 aromatic heterocycles. The van der Waals surface area contributed by atoms with Gasteiger partial charge >= 0.3 is 0 Å². The molecule has 5 nitrogen and oxygen atoms in total. The highest BCUT2D eigenvalue weighted by Gasteiger charge is 2.24. The summed E-state index contributed by atoms with van der Waals surface area (Å²) in [5.74, 6) is 0. The van der Waals surface area contributed by atoms with E-state index in [0.717, 1.165) is 23.4 Å². The molecule has 1 aliphatic heterocycles. The molecule has 0 saturated carbocycles. The smallest absolute Gasteiger partial charge is 0.155 e. The van der Waals surface area contributed by atoms with Crippen LogP contribution in [0.25, 0.3) is 5.65 Å². The Kier molecular flexibility index (Phi) is 3.72. The number of piperidine rings is 1. The first-order chi connectivity index (χ1) is 9.63. The van der Waals surface area contributed by atoms with E-state index in [4.69, 9.17) is 0 Å². The van der Waals surface area contributed by atoms with Crippen LogP contribution in [0.15, 0.2) is 18.5 Å². The molecular formula is C15H23N5. The molecule has 1 aliphatic rings. The first kappa shape index (κ1) is 13.5. The monoisotopic (exact) mass is 273 g/mol. The number of rotatable bonds is 3. The Labute approximate surface area is 120 Å². The normalized spacial score (nSPS) is 24.4. The van der Waals surface area contributed by atoms with E-state index in [-0.39, 0.29) is 0 Å². The summed E-state index contributed by atoms with van der Waals surface area (Å²) in [4.78, 5) is 4.45. The minimum Gasteiger partial charge on any atom is -0.250 e. The van der Waals surface area contributed by atoms with Gasteiger partial charge in [0.15, 0.2) is 5.65 Å². The molecule has 0 bridgehead atoms. The molecule has 0 aromatic carbocycles. The molecule has 0 aliphatic carbocycles. The number of hydrogen-bond acceptors (Lipinski definition) is 4. The van der Waals surface area contributed by atoms with Gasteiger partial charge in [0.25, 0.3) is 0 Å². The predicted molar refractivity (Wildman–Crippen MR) is 79.2 cm³/mol. The largest absolute Gasteiger partial charge is 0.250 e. The number of hydrazine groups is 1. The zero-order valence-electron chi connectivity index (χ0n) is 12.5. The van der Waals surface area contributed by atoms with Crippen LogP contribution in [-0.4, -0.2) is 31.7 Å². The summed E-state index contributed by atoms with van der Waals surface area (Å²) < 4.78 is 1.86. The molecule has 0 amide bonds. The van der Waals surface area contributed by atoms with Crippen molar-refractivity contribution in [2.45, 2.75) is 58.7 Å². The third-order valence-electron chi connectivity index (χ3n) is 4.15. The van der Waals surface area contributed by atoms with Crippen LogP contribution in [0.4, 0.5) is 0 Å². The Morgan fingerprint density at radius 3 is 2.80 bits per heavy atom. The standard InChI is InChI=1S/C15H23N5/c1-11-7-15-16-8-14(10-19(15)18-11)9-17-20-12(2)5-4-6-13(20)3/h7-8,10,12-13,17H,4-6,9H2,1-3H3. The Morgan fingerprint density at radius 1 is 1.30 bits per heavy atom. The highest BCUT2D eigenvalue weighted by molar-refractivity contribution is 5.38. The molecule has 20 heavy (non-hydrogen) atoms. The second-order valence-electron chi connectivity index (χ2n) is 5.92. The summed E-state index contributed by atoms with van der Waals surface area (Å²) in [5, 5.41) is 6.80. The second kappa shape index (κ2) is 5.50. The highest BCUT2D eigenvalue weighted by atomic mass is 15.5. The summed E-state index contributed by atoms with van der Waals surface area (Å²) in [6.45, 7) is 7.38. The van der Waals surface area contributed by atoms with Crippen molar-refractivity contribution >= 4 is 5.65 Å². The molecule has 5 heteroatoms. The lowest BCUT2D eigenvalue weighted by Crippen LogP contribution is -2.51. The van der Waals surface area contributed by atoms with Gasteiger partial charge in [0.1, 0.15) is 0 Å². The molecule has 1 N–H and O–H groups in total. The van der Waals surface area contributed by atoms with Crippen molar-refractivity contribution in [2.24, 2.45) is 0 Å². The number of aromatic nitrogens is 3. The molecule has 2 atom stereocenters. The van der Waals surface area contributed by atoms with E-state index in [1.54, 1.807) is 0 Å². The van der Waals surface area contributed by atoms with E-state index in [2.05, 4.69) is 40.6 Å². The zero-order chi connectivity index (χ0) is 14.1. The fraction of sp³-hybridized carbons (Fsp3) is 0.600. The molecule has 0 radical (unpaired) electrons. The molecule has 2 aromatic rings. The van der Waals surface area contributed by atoms with E-state index >= 15 is 0 Å². The van der Waals surface area contributed by atoms with Crippen LogP contribution < -0.4 is 5.43 Å². The first-order valence-electron chi connectivity index (χ1n) is 7.46. The van der Waals surface area contributed by atoms with Gasteiger partial charge in [-0.05, 0) is 33.6 Å². The molecule has 1 saturated heterocycles. The zero-order valence-corrected chi connectivity index (χ0v) is 12.5. The highest BCUT2D eigenvalue weighted by Crippen LogP contribution is 2.20. The minimum atomic E-state index is 0.599. The minimum absolute atomic E-state index is 0.599. The lowest BCUT2D eigenvalue weighted by atomic mass is 10.00. The van der Waals surface area contributed by atoms with Gasteiger partial charge in [-0.1, -0.05) is 6.42 Å². The van der Waals surface area contributed by atoms with Crippen molar-refractivity contribution in [2.75, 3.05) is 0 Å². The average molecular weight is 273 g/mol. The molecule has 3 heterocycles. The van der Waals surface area contributed by atoms with Crippen molar-refractivity contribution in [3.63, 3.8) is 0 Å². The van der Waals surface area contributed by atoms with Gasteiger partial charge in [0.2, 0.25) is 0 Å². The maximum absolute atomic E-state index is 4.45. The summed E-state index contributed by atoms with van der Waals surface area (Å²) in [6, 6.07) is 3.19. The average Bonchev–Trinajstić information content (AvgIpc) is 2.77. The molecule has 2 unspecified atom stereocenters. The Hall–Kier alpha value is -1.46. The third-order valence-corrected chi connectivity index (χ3v) is 4.15. The summed E-state index contributed by atoms with van der Waals surface area (Å²) in [7, 11) is 0. The number of aryl methyl sites for hydroxylation is 1. The fourth-order valence-corrected chi connectivity index (χ4v) is 3.04. The van der Waals surface area contributed by atoms with E-state index in [9.17, 15) is 0 Å². The molecule has 108 valence electrons. The van der Waals surface area contributed by atoms with Gasteiger partial charge in [-0.25, -0.2) is 14.5 Å². The number of fused-ring (bicyclic) bond motifs is 1. The summed E-state index contributed by atoms with van der Waals surface area (Å²) in [6.07, 6.45) is 7.87. The van der Waals surface area contributed by atoms with E-state index < -0.39 is 0 Å². The van der Waals surface area contributed by atoms with Gasteiger partial charge in [-0.3, -0.25) is 5.43 Å². The molecule has 0 spiro atoms. The summed E-state index contributed by atoms with van der Waals surface area (Å²) >= 11 is 0. The Bertz CT molecular complexity index is 581. The lowest BCUT2D eigenvalue weighted by molar-refractivity contribution is 0.0435. The SMILES string of the molecule is Cc1cc2ncc(CNN3C(C)CCCC3C)cn2n1. The molecule has 1 fully saturated rings. The molecular weight excluding hydrogens is 250 g/mol. The van der Waals surface area contributed by atoms with Crippen molar-refractivity contribution in [1.29, 1.82) is 0 Å². The fourth-order valence-electron chi connectivity index (χ4n) is 3.04. The number of nitrogens with zero attached hydrogens (tertiary/aromatic N) is 4. The maximum atomic E-state index is 4.45. The quantitative estimate of drug-likeness (QED) is 0.932. The van der Waals surface area contributed by atoms with Crippen LogP contribution >= 0.6 is 0 Å². The van der Waals surface area contributed by atoms with Crippen molar-refractivity contribution in [1.82, 2.24) is 25.0 Å². The topological polar surface area (TPSA) is 45.5 Å². The van der Waals surface area contributed by atoms with Crippen LogP contribution in [0.5, 0.6) is 0 Å². The predicted octanol–water partition coefficient (Wildman–Crippen LogP) is 2.31. The lowest BCUT2D eigenvalue weighted by Gasteiger charge is -2.39. The second-order valence-corrected chi connectivity index (χ2v) is 5.92. The van der Waals surface area contributed by atoms with Gasteiger partial charge in [-0.2, -0.15) is 5.10 Å². The molecule has 3 rings (SSSR count). The van der Waals surface area contributed by atoms with E-state index in [0.29, 0.717) is 12.1 Å². The van der Waals surface area contributed by atoms with Crippen LogP contribution in [0.3, 0.4) is 0 Å². The van der Waals surface area contributed by atoms with Crippen LogP contribution in [0, 0.1) is 6.92 Å². The van der Waals surface area contributed by atoms with Crippen LogP contribution in [-0.2, 0) is 6.54 Å². The Morgan fingerprint density at radius 2 is 2.05 bits per heavy atom. The Balaban J connectivity index is 1.69. The van der Waals surface area contributed by atoms with Crippen molar-refractivity contribution < 1.29 is 0 Å².